The van der Waals surface area contributed by atoms with Crippen molar-refractivity contribution in [3.63, 3.8) is 0 Å². The highest BCUT2D eigenvalue weighted by Gasteiger charge is 2.41. The third kappa shape index (κ3) is 5.14. The van der Waals surface area contributed by atoms with Gasteiger partial charge in [-0.3, -0.25) is 4.79 Å². The molecule has 3 aromatic rings. The van der Waals surface area contributed by atoms with E-state index in [0.717, 1.165) is 19.6 Å². The Balaban J connectivity index is 1.73. The highest BCUT2D eigenvalue weighted by molar-refractivity contribution is 7.90. The molecule has 2 heterocycles. The lowest BCUT2D eigenvalue weighted by Crippen LogP contribution is -2.33. The van der Waals surface area contributed by atoms with Gasteiger partial charge in [0.15, 0.2) is 15.5 Å². The van der Waals surface area contributed by atoms with Crippen LogP contribution in [0.2, 0.25) is 0 Å². The molecule has 0 aliphatic heterocycles. The molecule has 0 saturated heterocycles. The van der Waals surface area contributed by atoms with E-state index in [0.29, 0.717) is 18.5 Å². The molecule has 0 unspecified atom stereocenters. The first kappa shape index (κ1) is 26.9. The Hall–Kier alpha value is -4.12. The third-order valence-corrected chi connectivity index (χ3v) is 7.32. The van der Waals surface area contributed by atoms with Crippen LogP contribution >= 0.6 is 0 Å². The van der Waals surface area contributed by atoms with E-state index in [2.05, 4.69) is 31.6 Å². The smallest absolute Gasteiger partial charge is 0.416 e. The van der Waals surface area contributed by atoms with Crippen molar-refractivity contribution in [3.8, 4) is 17.8 Å². The predicted molar refractivity (Wildman–Crippen MR) is 127 cm³/mol. The number of anilines is 1. The van der Waals surface area contributed by atoms with Gasteiger partial charge in [-0.1, -0.05) is 6.07 Å². The van der Waals surface area contributed by atoms with Crippen LogP contribution in [0.15, 0.2) is 35.4 Å². The van der Waals surface area contributed by atoms with Gasteiger partial charge in [-0.25, -0.2) is 18.4 Å². The molecule has 1 fully saturated rings. The SMILES string of the molecule is Cc1nc(C2(C#N)CCC2)cnc1Oc1nnc(C(F)(F)F)c(C)c1C(=O)Nc1cccc(S(C)(=O)=O)c1. The van der Waals surface area contributed by atoms with E-state index in [1.807, 2.05) is 0 Å². The molecule has 0 bridgehead atoms. The number of carbonyl (C=O) groups is 1. The molecule has 38 heavy (non-hydrogen) atoms. The Kier molecular flexibility index (Phi) is 6.83. The van der Waals surface area contributed by atoms with E-state index < -0.39 is 50.0 Å². The Bertz CT molecular complexity index is 1580. The van der Waals surface area contributed by atoms with Crippen LogP contribution in [0.5, 0.6) is 11.8 Å². The van der Waals surface area contributed by atoms with Gasteiger partial charge in [-0.05, 0) is 56.9 Å². The number of hydrogen-bond acceptors (Lipinski definition) is 9. The van der Waals surface area contributed by atoms with Crippen molar-refractivity contribution in [1.82, 2.24) is 20.2 Å². The zero-order valence-electron chi connectivity index (χ0n) is 20.4. The molecular weight excluding hydrogens is 525 g/mol. The van der Waals surface area contributed by atoms with Crippen molar-refractivity contribution in [2.75, 3.05) is 11.6 Å². The minimum atomic E-state index is -4.91. The summed E-state index contributed by atoms with van der Waals surface area (Å²) in [7, 11) is -3.61. The summed E-state index contributed by atoms with van der Waals surface area (Å²) in [4.78, 5) is 21.7. The second kappa shape index (κ2) is 9.64. The van der Waals surface area contributed by atoms with Gasteiger partial charge in [0.05, 0.1) is 22.9 Å². The average Bonchev–Trinajstić information content (AvgIpc) is 2.79. The minimum Gasteiger partial charge on any atom is -0.416 e. The van der Waals surface area contributed by atoms with Crippen molar-refractivity contribution < 1.29 is 31.1 Å². The number of nitriles is 1. The number of sulfone groups is 1. The van der Waals surface area contributed by atoms with E-state index in [9.17, 15) is 31.6 Å². The molecule has 1 aliphatic rings. The van der Waals surface area contributed by atoms with Gasteiger partial charge in [0.2, 0.25) is 5.88 Å². The Morgan fingerprint density at radius 2 is 1.89 bits per heavy atom. The quantitative estimate of drug-likeness (QED) is 0.478. The second-order valence-electron chi connectivity index (χ2n) is 8.90. The molecule has 4 rings (SSSR count). The molecular formula is C24H21F3N6O4S. The van der Waals surface area contributed by atoms with Crippen molar-refractivity contribution in [2.24, 2.45) is 0 Å². The number of aromatic nitrogens is 4. The Morgan fingerprint density at radius 1 is 1.18 bits per heavy atom. The number of aryl methyl sites for hydroxylation is 1. The van der Waals surface area contributed by atoms with Gasteiger partial charge in [-0.2, -0.15) is 18.4 Å². The van der Waals surface area contributed by atoms with Crippen molar-refractivity contribution in [1.29, 1.82) is 5.26 Å². The van der Waals surface area contributed by atoms with Crippen LogP contribution in [-0.4, -0.2) is 40.7 Å². The van der Waals surface area contributed by atoms with E-state index in [1.54, 1.807) is 0 Å². The zero-order chi connectivity index (χ0) is 27.9. The van der Waals surface area contributed by atoms with Crippen LogP contribution in [0.4, 0.5) is 18.9 Å². The van der Waals surface area contributed by atoms with Crippen molar-refractivity contribution in [3.05, 3.63) is 58.7 Å². The maximum atomic E-state index is 13.6. The fraction of sp³-hybridized carbons (Fsp3) is 0.333. The lowest BCUT2D eigenvalue weighted by Gasteiger charge is -2.34. The third-order valence-electron chi connectivity index (χ3n) is 6.21. The number of benzene rings is 1. The Morgan fingerprint density at radius 3 is 2.45 bits per heavy atom. The van der Waals surface area contributed by atoms with E-state index in [4.69, 9.17) is 4.74 Å². The number of hydrogen-bond donors (Lipinski definition) is 1. The number of amides is 1. The lowest BCUT2D eigenvalue weighted by molar-refractivity contribution is -0.142. The molecule has 14 heteroatoms. The standard InChI is InChI=1S/C24H21F3N6O4S/c1-13-18(20(34)31-15-6-4-7-16(10-15)38(3,35)36)22(33-32-19(13)24(25,26)27)37-21-14(2)30-17(11-29-21)23(12-28)8-5-9-23/h4,6-7,10-11H,5,8-9H2,1-3H3,(H,31,34). The average molecular weight is 547 g/mol. The maximum Gasteiger partial charge on any atom is 0.435 e. The van der Waals surface area contributed by atoms with Gasteiger partial charge in [0, 0.05) is 11.9 Å². The summed E-state index contributed by atoms with van der Waals surface area (Å²) in [6.07, 6.45) is -0.445. The topological polar surface area (TPSA) is 148 Å². The van der Waals surface area contributed by atoms with Crippen LogP contribution in [0, 0.1) is 25.2 Å². The zero-order valence-corrected chi connectivity index (χ0v) is 21.2. The first-order valence-electron chi connectivity index (χ1n) is 11.2. The van der Waals surface area contributed by atoms with Crippen LogP contribution in [-0.2, 0) is 21.4 Å². The van der Waals surface area contributed by atoms with Crippen LogP contribution in [0.25, 0.3) is 0 Å². The van der Waals surface area contributed by atoms with E-state index in [-0.39, 0.29) is 22.2 Å². The highest BCUT2D eigenvalue weighted by atomic mass is 32.2. The summed E-state index contributed by atoms with van der Waals surface area (Å²) in [6.45, 7) is 2.58. The largest absolute Gasteiger partial charge is 0.435 e. The summed E-state index contributed by atoms with van der Waals surface area (Å²) >= 11 is 0. The summed E-state index contributed by atoms with van der Waals surface area (Å²) < 4.78 is 70.0. The number of ether oxygens (including phenoxy) is 1. The summed E-state index contributed by atoms with van der Waals surface area (Å²) in [5, 5.41) is 18.7. The molecule has 0 radical (unpaired) electrons. The summed E-state index contributed by atoms with van der Waals surface area (Å²) in [5.41, 5.74) is -2.55. The van der Waals surface area contributed by atoms with Crippen molar-refractivity contribution in [2.45, 2.75) is 49.6 Å². The minimum absolute atomic E-state index is 0.0243. The fourth-order valence-corrected chi connectivity index (χ4v) is 4.62. The number of nitrogens with zero attached hydrogens (tertiary/aromatic N) is 5. The Labute approximate surface area is 215 Å². The number of rotatable bonds is 6. The fourth-order valence-electron chi connectivity index (χ4n) is 3.95. The number of alkyl halides is 3. The first-order valence-corrected chi connectivity index (χ1v) is 13.1. The molecule has 1 N–H and O–H groups in total. The molecule has 1 saturated carbocycles. The molecule has 0 atom stereocenters. The molecule has 198 valence electrons. The van der Waals surface area contributed by atoms with Gasteiger partial charge in [0.25, 0.3) is 11.8 Å². The molecule has 10 nitrogen and oxygen atoms in total. The van der Waals surface area contributed by atoms with Crippen LogP contribution in [0.1, 0.15) is 52.3 Å². The van der Waals surface area contributed by atoms with Crippen molar-refractivity contribution >= 4 is 21.4 Å². The molecule has 1 aromatic carbocycles. The predicted octanol–water partition coefficient (Wildman–Crippen LogP) is 4.30. The summed E-state index contributed by atoms with van der Waals surface area (Å²) in [5.74, 6) is -1.73. The van der Waals surface area contributed by atoms with E-state index >= 15 is 0 Å². The van der Waals surface area contributed by atoms with Gasteiger partial charge in [0.1, 0.15) is 16.7 Å². The van der Waals surface area contributed by atoms with Gasteiger partial charge >= 0.3 is 6.18 Å². The molecule has 0 spiro atoms. The second-order valence-corrected chi connectivity index (χ2v) is 10.9. The monoisotopic (exact) mass is 546 g/mol. The number of nitrogens with one attached hydrogen (secondary N) is 1. The lowest BCUT2D eigenvalue weighted by atomic mass is 9.68. The first-order chi connectivity index (χ1) is 17.7. The molecule has 1 aliphatic carbocycles. The highest BCUT2D eigenvalue weighted by Crippen LogP contribution is 2.42. The van der Waals surface area contributed by atoms with Crippen LogP contribution < -0.4 is 10.1 Å². The summed E-state index contributed by atoms with van der Waals surface area (Å²) in [6, 6.07) is 7.48. The number of halogens is 3. The normalized spacial score (nSPS) is 14.8. The molecule has 2 aromatic heterocycles. The molecule has 1 amide bonds. The van der Waals surface area contributed by atoms with Crippen LogP contribution in [0.3, 0.4) is 0 Å². The maximum absolute atomic E-state index is 13.6. The van der Waals surface area contributed by atoms with E-state index in [1.165, 1.54) is 37.4 Å². The van der Waals surface area contributed by atoms with Gasteiger partial charge in [-0.15, -0.1) is 10.2 Å². The number of carbonyl (C=O) groups excluding carboxylic acids is 1. The van der Waals surface area contributed by atoms with Gasteiger partial charge < -0.3 is 10.1 Å².